The van der Waals surface area contributed by atoms with Crippen molar-refractivity contribution in [2.75, 3.05) is 11.4 Å². The maximum Gasteiger partial charge on any atom is 0.210 e. The van der Waals surface area contributed by atoms with Crippen LogP contribution in [0.5, 0.6) is 0 Å². The quantitative estimate of drug-likeness (QED) is 0.590. The molecule has 3 heteroatoms. The number of hydrogen-bond acceptors (Lipinski definition) is 2. The van der Waals surface area contributed by atoms with Gasteiger partial charge in [-0.1, -0.05) is 51.3 Å². The first-order valence-electron chi connectivity index (χ1n) is 10.5. The number of benzene rings is 1. The van der Waals surface area contributed by atoms with E-state index < -0.39 is 0 Å². The van der Waals surface area contributed by atoms with Crippen molar-refractivity contribution < 1.29 is 0 Å². The van der Waals surface area contributed by atoms with Gasteiger partial charge in [0.15, 0.2) is 0 Å². The normalized spacial score (nSPS) is 13.7. The fraction of sp³-hybridized carbons (Fsp3) is 0.609. The van der Waals surface area contributed by atoms with Crippen molar-refractivity contribution in [1.82, 2.24) is 9.55 Å². The van der Waals surface area contributed by atoms with Crippen LogP contribution in [0.3, 0.4) is 0 Å². The van der Waals surface area contributed by atoms with Gasteiger partial charge in [0.05, 0.1) is 5.69 Å². The molecular weight excluding hydrogens is 318 g/mol. The second-order valence-corrected chi connectivity index (χ2v) is 7.92. The minimum atomic E-state index is 0.654. The van der Waals surface area contributed by atoms with Crippen LogP contribution in [0, 0.1) is 20.8 Å². The first-order valence-corrected chi connectivity index (χ1v) is 10.5. The zero-order valence-corrected chi connectivity index (χ0v) is 17.5. The van der Waals surface area contributed by atoms with E-state index in [4.69, 9.17) is 4.98 Å². The molecule has 0 atom stereocenters. The molecule has 0 aliphatic carbocycles. The lowest BCUT2D eigenvalue weighted by molar-refractivity contribution is 0.522. The number of rotatable bonds is 7. The average molecular weight is 354 g/mol. The van der Waals surface area contributed by atoms with Crippen LogP contribution in [0.2, 0.25) is 0 Å². The highest BCUT2D eigenvalue weighted by molar-refractivity contribution is 5.68. The van der Waals surface area contributed by atoms with Gasteiger partial charge in [-0.05, 0) is 51.2 Å². The first-order chi connectivity index (χ1) is 12.5. The van der Waals surface area contributed by atoms with Crippen LogP contribution in [-0.4, -0.2) is 16.1 Å². The highest BCUT2D eigenvalue weighted by Gasteiger charge is 2.31. The summed E-state index contributed by atoms with van der Waals surface area (Å²) in [5, 5.41) is 0. The van der Waals surface area contributed by atoms with Crippen LogP contribution in [-0.2, 0) is 13.0 Å². The molecule has 0 fully saturated rings. The predicted molar refractivity (Wildman–Crippen MR) is 112 cm³/mol. The summed E-state index contributed by atoms with van der Waals surface area (Å²) in [7, 11) is 0. The Morgan fingerprint density at radius 1 is 0.962 bits per heavy atom. The zero-order chi connectivity index (χ0) is 18.8. The summed E-state index contributed by atoms with van der Waals surface area (Å²) in [4.78, 5) is 7.61. The van der Waals surface area contributed by atoms with Crippen LogP contribution in [0.15, 0.2) is 12.1 Å². The van der Waals surface area contributed by atoms with Crippen LogP contribution in [0.4, 0.5) is 11.6 Å². The fourth-order valence-electron chi connectivity index (χ4n) is 4.87. The molecule has 0 N–H and O–H groups in total. The van der Waals surface area contributed by atoms with Crippen molar-refractivity contribution in [3.8, 4) is 0 Å². The lowest BCUT2D eigenvalue weighted by atomic mass is 9.92. The summed E-state index contributed by atoms with van der Waals surface area (Å²) in [6.45, 7) is 15.6. The SMILES string of the molecule is CCCC(CCC)c1c(CC)nc2n1CCN2c1c(C)cc(C)cc1C. The Morgan fingerprint density at radius 2 is 1.58 bits per heavy atom. The molecule has 2 heterocycles. The third kappa shape index (κ3) is 3.28. The van der Waals surface area contributed by atoms with Crippen molar-refractivity contribution in [2.24, 2.45) is 0 Å². The van der Waals surface area contributed by atoms with E-state index >= 15 is 0 Å². The Bertz CT molecular complexity index is 743. The van der Waals surface area contributed by atoms with Gasteiger partial charge in [-0.25, -0.2) is 4.98 Å². The highest BCUT2D eigenvalue weighted by atomic mass is 15.4. The van der Waals surface area contributed by atoms with E-state index in [2.05, 4.69) is 63.1 Å². The zero-order valence-electron chi connectivity index (χ0n) is 17.5. The number of aromatic nitrogens is 2. The van der Waals surface area contributed by atoms with Crippen LogP contribution < -0.4 is 4.90 Å². The van der Waals surface area contributed by atoms with Gasteiger partial charge in [-0.2, -0.15) is 0 Å². The third-order valence-corrected chi connectivity index (χ3v) is 5.75. The smallest absolute Gasteiger partial charge is 0.210 e. The number of imidazole rings is 1. The summed E-state index contributed by atoms with van der Waals surface area (Å²) < 4.78 is 2.54. The molecule has 1 aliphatic heterocycles. The van der Waals surface area contributed by atoms with E-state index in [1.807, 2.05) is 0 Å². The Morgan fingerprint density at radius 3 is 2.12 bits per heavy atom. The topological polar surface area (TPSA) is 21.1 Å². The Hall–Kier alpha value is -1.77. The summed E-state index contributed by atoms with van der Waals surface area (Å²) in [5.74, 6) is 1.82. The molecule has 1 aromatic heterocycles. The molecule has 0 bridgehead atoms. The molecule has 3 nitrogen and oxygen atoms in total. The molecular formula is C23H35N3. The van der Waals surface area contributed by atoms with E-state index in [0.29, 0.717) is 5.92 Å². The van der Waals surface area contributed by atoms with E-state index in [0.717, 1.165) is 19.5 Å². The van der Waals surface area contributed by atoms with Crippen LogP contribution >= 0.6 is 0 Å². The third-order valence-electron chi connectivity index (χ3n) is 5.75. The van der Waals surface area contributed by atoms with Gasteiger partial charge in [0.25, 0.3) is 0 Å². The molecule has 2 aromatic rings. The first kappa shape index (κ1) is 19.0. The van der Waals surface area contributed by atoms with Crippen LogP contribution in [0.25, 0.3) is 0 Å². The van der Waals surface area contributed by atoms with Gasteiger partial charge in [0, 0.05) is 30.4 Å². The average Bonchev–Trinajstić information content (AvgIpc) is 3.13. The Balaban J connectivity index is 2.07. The monoisotopic (exact) mass is 353 g/mol. The van der Waals surface area contributed by atoms with Gasteiger partial charge in [0.2, 0.25) is 5.95 Å². The van der Waals surface area contributed by atoms with Crippen molar-refractivity contribution >= 4 is 11.6 Å². The number of fused-ring (bicyclic) bond motifs is 1. The predicted octanol–water partition coefficient (Wildman–Crippen LogP) is 6.21. The lowest BCUT2D eigenvalue weighted by Crippen LogP contribution is -2.17. The van der Waals surface area contributed by atoms with Crippen molar-refractivity contribution in [3.63, 3.8) is 0 Å². The van der Waals surface area contributed by atoms with Crippen molar-refractivity contribution in [2.45, 2.75) is 86.1 Å². The molecule has 0 amide bonds. The summed E-state index contributed by atoms with van der Waals surface area (Å²) in [5.41, 5.74) is 8.26. The second-order valence-electron chi connectivity index (χ2n) is 7.92. The molecule has 142 valence electrons. The number of hydrogen-bond donors (Lipinski definition) is 0. The molecule has 0 spiro atoms. The van der Waals surface area contributed by atoms with Gasteiger partial charge < -0.3 is 9.47 Å². The molecule has 1 aliphatic rings. The molecule has 0 radical (unpaired) electrons. The maximum absolute atomic E-state index is 5.15. The van der Waals surface area contributed by atoms with Gasteiger partial charge in [-0.15, -0.1) is 0 Å². The van der Waals surface area contributed by atoms with E-state index in [1.165, 1.54) is 65.4 Å². The minimum Gasteiger partial charge on any atom is -0.312 e. The molecule has 0 saturated heterocycles. The number of aryl methyl sites for hydroxylation is 4. The highest BCUT2D eigenvalue weighted by Crippen LogP contribution is 2.40. The van der Waals surface area contributed by atoms with E-state index in [1.54, 1.807) is 0 Å². The van der Waals surface area contributed by atoms with Crippen molar-refractivity contribution in [1.29, 1.82) is 0 Å². The van der Waals surface area contributed by atoms with Gasteiger partial charge >= 0.3 is 0 Å². The second kappa shape index (κ2) is 7.85. The number of nitrogens with zero attached hydrogens (tertiary/aromatic N) is 3. The van der Waals surface area contributed by atoms with E-state index in [9.17, 15) is 0 Å². The van der Waals surface area contributed by atoms with Crippen LogP contribution in [0.1, 0.15) is 80.5 Å². The van der Waals surface area contributed by atoms with Crippen molar-refractivity contribution in [3.05, 3.63) is 40.2 Å². The lowest BCUT2D eigenvalue weighted by Gasteiger charge is -2.22. The Labute approximate surface area is 159 Å². The maximum atomic E-state index is 5.15. The molecule has 0 unspecified atom stereocenters. The van der Waals surface area contributed by atoms with E-state index in [-0.39, 0.29) is 0 Å². The molecule has 1 aromatic carbocycles. The largest absolute Gasteiger partial charge is 0.312 e. The van der Waals surface area contributed by atoms with Gasteiger partial charge in [0.1, 0.15) is 0 Å². The standard InChI is InChI=1S/C23H35N3/c1-7-10-19(11-8-2)22-20(9-3)24-23-25(12-13-26(22)23)21-17(5)14-16(4)15-18(21)6/h14-15,19H,7-13H2,1-6H3. The summed E-state index contributed by atoms with van der Waals surface area (Å²) >= 11 is 0. The molecule has 3 rings (SSSR count). The van der Waals surface area contributed by atoms with Gasteiger partial charge in [-0.3, -0.25) is 0 Å². The molecule has 26 heavy (non-hydrogen) atoms. The fourth-order valence-corrected chi connectivity index (χ4v) is 4.87. The Kier molecular flexibility index (Phi) is 5.74. The number of anilines is 2. The minimum absolute atomic E-state index is 0.654. The molecule has 0 saturated carbocycles. The summed E-state index contributed by atoms with van der Waals surface area (Å²) in [6, 6.07) is 4.60. The summed E-state index contributed by atoms with van der Waals surface area (Å²) in [6.07, 6.45) is 6.06.